The van der Waals surface area contributed by atoms with Crippen LogP contribution < -0.4 is 5.73 Å². The van der Waals surface area contributed by atoms with Crippen LogP contribution in [0.25, 0.3) is 11.2 Å². The van der Waals surface area contributed by atoms with Gasteiger partial charge >= 0.3 is 6.72 Å². The highest BCUT2D eigenvalue weighted by Gasteiger charge is 2.47. The van der Waals surface area contributed by atoms with Gasteiger partial charge in [-0.2, -0.15) is 0 Å². The first-order valence-corrected chi connectivity index (χ1v) is 16.8. The lowest BCUT2D eigenvalue weighted by Gasteiger charge is -2.38. The monoisotopic (exact) mass is 585 g/mol. The van der Waals surface area contributed by atoms with Crippen LogP contribution in [0.15, 0.2) is 36.7 Å². The lowest BCUT2D eigenvalue weighted by molar-refractivity contribution is -0.0736. The summed E-state index contributed by atoms with van der Waals surface area (Å²) in [4.78, 5) is 11.5. The number of imidazole rings is 1. The zero-order valence-electron chi connectivity index (χ0n) is 18.9. The average Bonchev–Trinajstić information content (AvgIpc) is 3.47. The van der Waals surface area contributed by atoms with Gasteiger partial charge in [0.2, 0.25) is 0 Å². The van der Waals surface area contributed by atoms with Gasteiger partial charge in [0, 0.05) is 17.9 Å². The summed E-state index contributed by atoms with van der Waals surface area (Å²) < 4.78 is 33.3. The van der Waals surface area contributed by atoms with Gasteiger partial charge in [0.25, 0.3) is 0 Å². The Hall–Kier alpha value is -1.06. The molecule has 3 fully saturated rings. The molecule has 5 heterocycles. The molecule has 6 rings (SSSR count). The smallest absolute Gasteiger partial charge is 0.328 e. The third-order valence-corrected chi connectivity index (χ3v) is 11.2. The summed E-state index contributed by atoms with van der Waals surface area (Å²) in [6.45, 7) is -2.16. The number of fused-ring (bicyclic) bond motifs is 2. The van der Waals surface area contributed by atoms with Crippen molar-refractivity contribution in [3.05, 3.63) is 46.9 Å². The fraction of sp³-hybridized carbons (Fsp3) is 0.476. The molecule has 36 heavy (non-hydrogen) atoms. The Labute approximate surface area is 225 Å². The van der Waals surface area contributed by atoms with Gasteiger partial charge in [0.05, 0.1) is 31.7 Å². The first-order valence-electron chi connectivity index (χ1n) is 11.4. The lowest BCUT2D eigenvalue weighted by Crippen LogP contribution is -2.40. The van der Waals surface area contributed by atoms with Crippen LogP contribution >= 0.6 is 40.5 Å². The minimum Gasteiger partial charge on any atom is -0.370 e. The second-order valence-electron chi connectivity index (χ2n) is 8.58. The molecule has 3 aliphatic rings. The van der Waals surface area contributed by atoms with E-state index >= 15 is 0 Å². The van der Waals surface area contributed by atoms with Gasteiger partial charge in [0.15, 0.2) is 10.6 Å². The molecule has 0 radical (unpaired) electrons. The van der Waals surface area contributed by atoms with E-state index in [-0.39, 0.29) is 36.6 Å². The molecule has 0 bridgehead atoms. The zero-order valence-corrected chi connectivity index (χ0v) is 23.1. The largest absolute Gasteiger partial charge is 0.370 e. The van der Waals surface area contributed by atoms with E-state index in [4.69, 9.17) is 52.8 Å². The maximum Gasteiger partial charge on any atom is 0.328 e. The molecule has 3 N–H and O–H groups in total. The van der Waals surface area contributed by atoms with Crippen molar-refractivity contribution in [3.63, 3.8) is 0 Å². The van der Waals surface area contributed by atoms with Crippen LogP contribution in [-0.4, -0.2) is 62.0 Å². The minimum absolute atomic E-state index is 0.103. The molecule has 10 nitrogen and oxygen atoms in total. The molecule has 192 valence electrons. The number of hydrogen-bond donors (Lipinski definition) is 2. The number of aromatic amines is 1. The molecule has 0 spiro atoms. The Morgan fingerprint density at radius 1 is 1.19 bits per heavy atom. The summed E-state index contributed by atoms with van der Waals surface area (Å²) in [6, 6.07) is 10.1. The van der Waals surface area contributed by atoms with Crippen molar-refractivity contribution in [1.29, 1.82) is 0 Å². The van der Waals surface area contributed by atoms with Crippen molar-refractivity contribution in [1.82, 2.24) is 19.5 Å². The van der Waals surface area contributed by atoms with Gasteiger partial charge < -0.3 is 33.8 Å². The number of nitrogen functional groups attached to an aromatic ring is 1. The number of rotatable bonds is 6. The number of benzene rings is 1. The number of nitrogens with one attached hydrogen (secondary N) is 1. The number of nitrogens with zero attached hydrogens (tertiary/aromatic N) is 3. The maximum atomic E-state index is 6.36. The van der Waals surface area contributed by atoms with E-state index in [0.29, 0.717) is 35.4 Å². The summed E-state index contributed by atoms with van der Waals surface area (Å²) in [6.07, 6.45) is 1.04. The second-order valence-corrected chi connectivity index (χ2v) is 14.4. The van der Waals surface area contributed by atoms with Gasteiger partial charge in [-0.05, 0) is 17.4 Å². The summed E-state index contributed by atoms with van der Waals surface area (Å²) >= 11 is 11.1. The van der Waals surface area contributed by atoms with Gasteiger partial charge in [-0.3, -0.25) is 4.57 Å². The molecule has 0 aliphatic carbocycles. The van der Waals surface area contributed by atoms with E-state index in [1.807, 2.05) is 34.9 Å². The quantitative estimate of drug-likeness (QED) is 0.243. The Kier molecular flexibility index (Phi) is 7.43. The molecule has 0 saturated carbocycles. The zero-order chi connectivity index (χ0) is 24.7. The second kappa shape index (κ2) is 10.6. The summed E-state index contributed by atoms with van der Waals surface area (Å²) in [7, 11) is 3.52. The van der Waals surface area contributed by atoms with E-state index in [0.717, 1.165) is 17.1 Å². The van der Waals surface area contributed by atoms with E-state index < -0.39 is 6.72 Å². The van der Waals surface area contributed by atoms with Crippen LogP contribution in [0, 0.1) is 4.64 Å². The van der Waals surface area contributed by atoms with E-state index in [2.05, 4.69) is 15.0 Å². The molecule has 2 aromatic heterocycles. The number of H-pyrrole nitrogens is 1. The number of nitrogens with two attached hydrogens (primary N) is 1. The highest BCUT2D eigenvalue weighted by molar-refractivity contribution is 8.76. The fourth-order valence-electron chi connectivity index (χ4n) is 4.36. The van der Waals surface area contributed by atoms with Gasteiger partial charge in [-0.15, -0.1) is 0 Å². The molecule has 3 aliphatic heterocycles. The fourth-order valence-corrected chi connectivity index (χ4v) is 9.59. The third kappa shape index (κ3) is 5.26. The number of hydrogen-bond acceptors (Lipinski definition) is 12. The van der Waals surface area contributed by atoms with Crippen LogP contribution in [0.3, 0.4) is 0 Å². The van der Waals surface area contributed by atoms with Crippen LogP contribution in [0.2, 0.25) is 0 Å². The van der Waals surface area contributed by atoms with Crippen molar-refractivity contribution < 1.29 is 23.0 Å². The minimum atomic E-state index is -2.98. The van der Waals surface area contributed by atoms with E-state index in [1.54, 1.807) is 27.9 Å². The first-order chi connectivity index (χ1) is 17.5. The molecular formula is C21H24N5O5PS4. The number of ether oxygens (including phenoxy) is 2. The number of aromatic nitrogens is 4. The van der Waals surface area contributed by atoms with Gasteiger partial charge in [0.1, 0.15) is 29.6 Å². The SMILES string of the molecule is Nc1nc(=S)c2ncn([C@H]3C[C@@H]4OP(=S)(O[C@H]5CSSC[C@@H]5OCc5ccccc5)OC[C@H]4O3)c2[nH]1. The Balaban J connectivity index is 1.12. The average molecular weight is 586 g/mol. The lowest BCUT2D eigenvalue weighted by atomic mass is 10.2. The maximum absolute atomic E-state index is 6.36. The molecule has 1 unspecified atom stereocenters. The molecule has 0 amide bonds. The van der Waals surface area contributed by atoms with Crippen molar-refractivity contribution in [3.8, 4) is 0 Å². The van der Waals surface area contributed by atoms with Crippen LogP contribution in [-0.2, 0) is 41.5 Å². The number of anilines is 1. The standard InChI is InChI=1S/C21H24N5O5PS4/c22-21-24-19-18(20(33)25-21)23-11-26(19)17-6-13-14(29-17)8-28-32(34,30-13)31-16-10-36-35-9-15(16)27-7-12-4-2-1-3-5-12/h1-5,11,13-17H,6-10H2,(H3,22,24,25,33)/t13-,14+,15-,16-,17+,32?/m0/s1. The Morgan fingerprint density at radius 2 is 2.00 bits per heavy atom. The molecule has 15 heteroatoms. The van der Waals surface area contributed by atoms with Crippen LogP contribution in [0.5, 0.6) is 0 Å². The summed E-state index contributed by atoms with van der Waals surface area (Å²) in [5.74, 6) is 1.78. The van der Waals surface area contributed by atoms with Gasteiger partial charge in [-0.1, -0.05) is 64.1 Å². The normalized spacial score (nSPS) is 32.5. The van der Waals surface area contributed by atoms with Crippen LogP contribution in [0.1, 0.15) is 18.2 Å². The predicted octanol–water partition coefficient (Wildman–Crippen LogP) is 4.36. The molecule has 6 atom stereocenters. The molecular weight excluding hydrogens is 562 g/mol. The molecule has 1 aromatic carbocycles. The predicted molar refractivity (Wildman–Crippen MR) is 146 cm³/mol. The Bertz CT molecular complexity index is 1340. The van der Waals surface area contributed by atoms with Crippen LogP contribution in [0.4, 0.5) is 5.95 Å². The molecule has 3 saturated heterocycles. The molecule has 3 aromatic rings. The third-order valence-electron chi connectivity index (χ3n) is 6.15. The Morgan fingerprint density at radius 3 is 2.83 bits per heavy atom. The van der Waals surface area contributed by atoms with Crippen molar-refractivity contribution >= 4 is 69.4 Å². The summed E-state index contributed by atoms with van der Waals surface area (Å²) in [5, 5.41) is 0. The van der Waals surface area contributed by atoms with E-state index in [9.17, 15) is 0 Å². The highest BCUT2D eigenvalue weighted by atomic mass is 33.1. The first kappa shape index (κ1) is 25.2. The van der Waals surface area contributed by atoms with Gasteiger partial charge in [-0.25, -0.2) is 9.97 Å². The van der Waals surface area contributed by atoms with E-state index in [1.165, 1.54) is 0 Å². The van der Waals surface area contributed by atoms with Crippen molar-refractivity contribution in [2.24, 2.45) is 0 Å². The van der Waals surface area contributed by atoms with Crippen molar-refractivity contribution in [2.75, 3.05) is 23.8 Å². The topological polar surface area (TPSA) is 119 Å². The summed E-state index contributed by atoms with van der Waals surface area (Å²) in [5.41, 5.74) is 8.20. The highest BCUT2D eigenvalue weighted by Crippen LogP contribution is 2.58. The van der Waals surface area contributed by atoms with Crippen molar-refractivity contribution in [2.45, 2.75) is 43.7 Å².